The average Bonchev–Trinajstić information content (AvgIpc) is 2.78. The summed E-state index contributed by atoms with van der Waals surface area (Å²) in [5.74, 6) is 2.45. The summed E-state index contributed by atoms with van der Waals surface area (Å²) in [4.78, 5) is 22.5. The molecule has 3 rings (SSSR count). The molecule has 0 saturated carbocycles. The number of ether oxygens (including phenoxy) is 3. The van der Waals surface area contributed by atoms with Crippen LogP contribution in [0, 0.1) is 0 Å². The second-order valence-electron chi connectivity index (χ2n) is 6.45. The molecule has 30 heavy (non-hydrogen) atoms. The van der Waals surface area contributed by atoms with Crippen LogP contribution in [0.2, 0.25) is 0 Å². The molecule has 1 N–H and O–H groups in total. The number of benzene rings is 2. The first-order chi connectivity index (χ1) is 14.6. The molecule has 1 amide bonds. The lowest BCUT2D eigenvalue weighted by molar-refractivity contribution is -0.132. The van der Waals surface area contributed by atoms with Gasteiger partial charge in [-0.2, -0.15) is 0 Å². The Balaban J connectivity index is 1.74. The van der Waals surface area contributed by atoms with Gasteiger partial charge in [-0.15, -0.1) is 0 Å². The monoisotopic (exact) mass is 410 g/mol. The fourth-order valence-electron chi connectivity index (χ4n) is 3.07. The normalized spacial score (nSPS) is 10.5. The van der Waals surface area contributed by atoms with Crippen LogP contribution in [0.25, 0.3) is 10.9 Å². The Morgan fingerprint density at radius 3 is 2.30 bits per heavy atom. The molecular formula is C22H26N4O4. The van der Waals surface area contributed by atoms with Gasteiger partial charge >= 0.3 is 0 Å². The Hall–Kier alpha value is -3.55. The fourth-order valence-corrected chi connectivity index (χ4v) is 3.07. The fraction of sp³-hybridized carbons (Fsp3) is 0.318. The number of carbonyl (C=O) groups is 1. The number of hydrogen-bond donors (Lipinski definition) is 1. The van der Waals surface area contributed by atoms with Gasteiger partial charge in [0.05, 0.1) is 19.7 Å². The van der Waals surface area contributed by atoms with E-state index < -0.39 is 0 Å². The maximum atomic E-state index is 12.1. The summed E-state index contributed by atoms with van der Waals surface area (Å²) in [5, 5.41) is 4.09. The lowest BCUT2D eigenvalue weighted by Gasteiger charge is -2.18. The van der Waals surface area contributed by atoms with Crippen molar-refractivity contribution in [1.29, 1.82) is 0 Å². The summed E-state index contributed by atoms with van der Waals surface area (Å²) in [6.45, 7) is 5.26. The van der Waals surface area contributed by atoms with Crippen molar-refractivity contribution in [3.63, 3.8) is 0 Å². The Morgan fingerprint density at radius 2 is 1.67 bits per heavy atom. The van der Waals surface area contributed by atoms with Crippen molar-refractivity contribution in [2.24, 2.45) is 0 Å². The van der Waals surface area contributed by atoms with E-state index in [1.54, 1.807) is 19.1 Å². The summed E-state index contributed by atoms with van der Waals surface area (Å²) in [5.41, 5.74) is 1.56. The zero-order chi connectivity index (χ0) is 21.5. The number of nitrogens with one attached hydrogen (secondary N) is 1. The van der Waals surface area contributed by atoms with E-state index in [1.165, 1.54) is 6.33 Å². The topological polar surface area (TPSA) is 85.8 Å². The van der Waals surface area contributed by atoms with E-state index in [-0.39, 0.29) is 12.5 Å². The van der Waals surface area contributed by atoms with E-state index in [2.05, 4.69) is 15.3 Å². The molecule has 158 valence electrons. The predicted octanol–water partition coefficient (Wildman–Crippen LogP) is 3.64. The number of rotatable bonds is 9. The van der Waals surface area contributed by atoms with E-state index in [0.29, 0.717) is 36.2 Å². The maximum absolute atomic E-state index is 12.1. The highest BCUT2D eigenvalue weighted by Crippen LogP contribution is 2.34. The minimum Gasteiger partial charge on any atom is -0.493 e. The molecule has 0 spiro atoms. The van der Waals surface area contributed by atoms with Gasteiger partial charge in [-0.25, -0.2) is 9.97 Å². The molecule has 0 aliphatic rings. The maximum Gasteiger partial charge on any atom is 0.260 e. The first-order valence-electron chi connectivity index (χ1n) is 9.74. The van der Waals surface area contributed by atoms with Crippen molar-refractivity contribution in [3.05, 3.63) is 42.7 Å². The number of anilines is 2. The largest absolute Gasteiger partial charge is 0.493 e. The first kappa shape index (κ1) is 21.2. The van der Waals surface area contributed by atoms with Crippen LogP contribution in [0.5, 0.6) is 17.2 Å². The van der Waals surface area contributed by atoms with E-state index >= 15 is 0 Å². The highest BCUT2D eigenvalue weighted by molar-refractivity contribution is 5.93. The van der Waals surface area contributed by atoms with Crippen LogP contribution in [-0.2, 0) is 4.79 Å². The smallest absolute Gasteiger partial charge is 0.260 e. The second kappa shape index (κ2) is 9.78. The zero-order valence-corrected chi connectivity index (χ0v) is 17.6. The van der Waals surface area contributed by atoms with Crippen molar-refractivity contribution < 1.29 is 19.0 Å². The van der Waals surface area contributed by atoms with Crippen LogP contribution in [-0.4, -0.2) is 54.7 Å². The number of aromatic nitrogens is 2. The third kappa shape index (κ3) is 4.71. The number of carbonyl (C=O) groups excluding carboxylic acids is 1. The van der Waals surface area contributed by atoms with E-state index in [0.717, 1.165) is 16.6 Å². The van der Waals surface area contributed by atoms with Gasteiger partial charge in [-0.05, 0) is 44.2 Å². The van der Waals surface area contributed by atoms with Gasteiger partial charge in [0, 0.05) is 30.2 Å². The van der Waals surface area contributed by atoms with Gasteiger partial charge < -0.3 is 24.4 Å². The molecule has 1 heterocycles. The van der Waals surface area contributed by atoms with Crippen molar-refractivity contribution in [1.82, 2.24) is 14.9 Å². The highest BCUT2D eigenvalue weighted by Gasteiger charge is 2.12. The number of fused-ring (bicyclic) bond motifs is 1. The molecule has 0 saturated heterocycles. The van der Waals surface area contributed by atoms with Crippen LogP contribution in [0.4, 0.5) is 11.5 Å². The van der Waals surface area contributed by atoms with Crippen LogP contribution >= 0.6 is 0 Å². The third-order valence-electron chi connectivity index (χ3n) is 4.74. The number of methoxy groups -OCH3 is 2. The van der Waals surface area contributed by atoms with Gasteiger partial charge in [0.15, 0.2) is 18.1 Å². The van der Waals surface area contributed by atoms with Crippen molar-refractivity contribution in [3.8, 4) is 17.2 Å². The number of nitrogens with zero attached hydrogens (tertiary/aromatic N) is 3. The molecule has 0 unspecified atom stereocenters. The van der Waals surface area contributed by atoms with E-state index in [9.17, 15) is 4.79 Å². The molecule has 0 radical (unpaired) electrons. The van der Waals surface area contributed by atoms with E-state index in [1.807, 2.05) is 50.2 Å². The summed E-state index contributed by atoms with van der Waals surface area (Å²) in [6, 6.07) is 11.0. The second-order valence-corrected chi connectivity index (χ2v) is 6.45. The number of likely N-dealkylation sites (N-methyl/N-ethyl adjacent to an activating group) is 1. The molecule has 0 atom stereocenters. The van der Waals surface area contributed by atoms with Gasteiger partial charge in [-0.3, -0.25) is 4.79 Å². The van der Waals surface area contributed by atoms with Crippen molar-refractivity contribution in [2.45, 2.75) is 13.8 Å². The standard InChI is InChI=1S/C22H26N4O4/c1-5-26(6-2)21(27)13-30-16-9-7-15(8-10-16)25-22-17-11-19(28-3)20(29-4)12-18(17)23-14-24-22/h7-12,14H,5-6,13H2,1-4H3,(H,23,24,25). The Bertz CT molecular complexity index is 1000. The Labute approximate surface area is 175 Å². The molecule has 8 heteroatoms. The molecule has 0 aliphatic carbocycles. The number of hydrogen-bond acceptors (Lipinski definition) is 7. The van der Waals surface area contributed by atoms with E-state index in [4.69, 9.17) is 14.2 Å². The quantitative estimate of drug-likeness (QED) is 0.576. The number of amides is 1. The molecular weight excluding hydrogens is 384 g/mol. The summed E-state index contributed by atoms with van der Waals surface area (Å²) >= 11 is 0. The van der Waals surface area contributed by atoms with Gasteiger partial charge in [0.25, 0.3) is 5.91 Å². The Morgan fingerprint density at radius 1 is 1.00 bits per heavy atom. The Kier molecular flexibility index (Phi) is 6.90. The molecule has 2 aromatic carbocycles. The lowest BCUT2D eigenvalue weighted by Crippen LogP contribution is -2.34. The van der Waals surface area contributed by atoms with Crippen LogP contribution in [0.3, 0.4) is 0 Å². The summed E-state index contributed by atoms with van der Waals surface area (Å²) in [6.07, 6.45) is 1.49. The molecule has 0 bridgehead atoms. The minimum absolute atomic E-state index is 0.0205. The van der Waals surface area contributed by atoms with Gasteiger partial charge in [0.2, 0.25) is 0 Å². The van der Waals surface area contributed by atoms with Crippen molar-refractivity contribution >= 4 is 28.3 Å². The van der Waals surface area contributed by atoms with Crippen LogP contribution in [0.1, 0.15) is 13.8 Å². The average molecular weight is 410 g/mol. The SMILES string of the molecule is CCN(CC)C(=O)COc1ccc(Nc2ncnc3cc(OC)c(OC)cc23)cc1. The van der Waals surface area contributed by atoms with Crippen LogP contribution in [0.15, 0.2) is 42.7 Å². The summed E-state index contributed by atoms with van der Waals surface area (Å²) in [7, 11) is 3.17. The molecule has 8 nitrogen and oxygen atoms in total. The summed E-state index contributed by atoms with van der Waals surface area (Å²) < 4.78 is 16.3. The first-order valence-corrected chi connectivity index (χ1v) is 9.74. The van der Waals surface area contributed by atoms with Gasteiger partial charge in [-0.1, -0.05) is 0 Å². The zero-order valence-electron chi connectivity index (χ0n) is 17.6. The third-order valence-corrected chi connectivity index (χ3v) is 4.74. The van der Waals surface area contributed by atoms with Crippen molar-refractivity contribution in [2.75, 3.05) is 39.2 Å². The molecule has 0 aliphatic heterocycles. The van der Waals surface area contributed by atoms with Crippen LogP contribution < -0.4 is 19.5 Å². The molecule has 0 fully saturated rings. The molecule has 1 aromatic heterocycles. The minimum atomic E-state index is -0.0287. The van der Waals surface area contributed by atoms with Gasteiger partial charge in [0.1, 0.15) is 17.9 Å². The lowest BCUT2D eigenvalue weighted by atomic mass is 10.2. The highest BCUT2D eigenvalue weighted by atomic mass is 16.5. The molecule has 3 aromatic rings. The predicted molar refractivity (Wildman–Crippen MR) is 116 cm³/mol.